The molecule has 1 aliphatic heterocycles. The molecule has 1 N–H and O–H groups in total. The molecule has 0 amide bonds. The SMILES string of the molecule is CNCC1CCCN1c1ccc(C#N)cc1F. The molecule has 1 saturated heterocycles. The number of nitriles is 1. The summed E-state index contributed by atoms with van der Waals surface area (Å²) in [6, 6.07) is 6.99. The summed E-state index contributed by atoms with van der Waals surface area (Å²) in [5, 5.41) is 11.8. The van der Waals surface area contributed by atoms with Gasteiger partial charge in [0, 0.05) is 19.1 Å². The quantitative estimate of drug-likeness (QED) is 0.866. The molecule has 1 aliphatic rings. The first-order valence-corrected chi connectivity index (χ1v) is 5.87. The molecule has 0 spiro atoms. The number of nitrogens with one attached hydrogen (secondary N) is 1. The summed E-state index contributed by atoms with van der Waals surface area (Å²) in [6.07, 6.45) is 2.17. The van der Waals surface area contributed by atoms with Crippen LogP contribution in [0.25, 0.3) is 0 Å². The molecule has 1 unspecified atom stereocenters. The maximum atomic E-state index is 13.9. The van der Waals surface area contributed by atoms with Crippen LogP contribution in [0.2, 0.25) is 0 Å². The van der Waals surface area contributed by atoms with E-state index in [0.717, 1.165) is 25.9 Å². The van der Waals surface area contributed by atoms with Crippen LogP contribution < -0.4 is 10.2 Å². The van der Waals surface area contributed by atoms with Gasteiger partial charge in [0.25, 0.3) is 0 Å². The number of nitrogens with zero attached hydrogens (tertiary/aromatic N) is 2. The zero-order chi connectivity index (χ0) is 12.3. The molecule has 1 fully saturated rings. The normalized spacial score (nSPS) is 19.4. The first kappa shape index (κ1) is 11.9. The minimum absolute atomic E-state index is 0.299. The lowest BCUT2D eigenvalue weighted by Gasteiger charge is -2.27. The Labute approximate surface area is 101 Å². The van der Waals surface area contributed by atoms with Crippen molar-refractivity contribution in [2.75, 3.05) is 25.0 Å². The monoisotopic (exact) mass is 233 g/mol. The van der Waals surface area contributed by atoms with Crippen molar-refractivity contribution in [1.29, 1.82) is 5.26 Å². The second-order valence-corrected chi connectivity index (χ2v) is 4.33. The standard InChI is InChI=1S/C13H16FN3/c1-16-9-11-3-2-6-17(11)13-5-4-10(8-15)7-12(13)14/h4-5,7,11,16H,2-3,6,9H2,1H3. The lowest BCUT2D eigenvalue weighted by Crippen LogP contribution is -2.37. The topological polar surface area (TPSA) is 39.1 Å². The number of anilines is 1. The van der Waals surface area contributed by atoms with Crippen molar-refractivity contribution in [3.05, 3.63) is 29.6 Å². The number of rotatable bonds is 3. The molecule has 17 heavy (non-hydrogen) atoms. The lowest BCUT2D eigenvalue weighted by molar-refractivity contribution is 0.586. The Bertz CT molecular complexity index is 439. The summed E-state index contributed by atoms with van der Waals surface area (Å²) in [5.74, 6) is -0.299. The van der Waals surface area contributed by atoms with Gasteiger partial charge in [-0.25, -0.2) is 4.39 Å². The number of hydrogen-bond donors (Lipinski definition) is 1. The zero-order valence-electron chi connectivity index (χ0n) is 9.91. The summed E-state index contributed by atoms with van der Waals surface area (Å²) in [4.78, 5) is 2.09. The second kappa shape index (κ2) is 5.15. The van der Waals surface area contributed by atoms with Crippen LogP contribution in [-0.2, 0) is 0 Å². The molecule has 0 bridgehead atoms. The van der Waals surface area contributed by atoms with Crippen molar-refractivity contribution in [2.45, 2.75) is 18.9 Å². The van der Waals surface area contributed by atoms with Crippen molar-refractivity contribution in [3.63, 3.8) is 0 Å². The molecule has 1 aromatic carbocycles. The number of benzene rings is 1. The predicted molar refractivity (Wildman–Crippen MR) is 65.4 cm³/mol. The first-order chi connectivity index (χ1) is 8.26. The lowest BCUT2D eigenvalue weighted by atomic mass is 10.1. The number of halogens is 1. The van der Waals surface area contributed by atoms with Crippen LogP contribution in [0.3, 0.4) is 0 Å². The van der Waals surface area contributed by atoms with E-state index in [1.54, 1.807) is 12.1 Å². The van der Waals surface area contributed by atoms with Crippen molar-refractivity contribution < 1.29 is 4.39 Å². The third kappa shape index (κ3) is 2.40. The maximum absolute atomic E-state index is 13.9. The minimum Gasteiger partial charge on any atom is -0.365 e. The van der Waals surface area contributed by atoms with Gasteiger partial charge in [-0.05, 0) is 38.1 Å². The fraction of sp³-hybridized carbons (Fsp3) is 0.462. The van der Waals surface area contributed by atoms with Gasteiger partial charge in [-0.15, -0.1) is 0 Å². The highest BCUT2D eigenvalue weighted by atomic mass is 19.1. The van der Waals surface area contributed by atoms with Crippen LogP contribution in [0.1, 0.15) is 18.4 Å². The molecule has 1 atom stereocenters. The van der Waals surface area contributed by atoms with E-state index in [4.69, 9.17) is 5.26 Å². The van der Waals surface area contributed by atoms with Gasteiger partial charge < -0.3 is 10.2 Å². The first-order valence-electron chi connectivity index (χ1n) is 5.87. The largest absolute Gasteiger partial charge is 0.365 e. The molecular weight excluding hydrogens is 217 g/mol. The molecule has 1 heterocycles. The molecule has 0 saturated carbocycles. The molecule has 0 aliphatic carbocycles. The van der Waals surface area contributed by atoms with Gasteiger partial charge >= 0.3 is 0 Å². The van der Waals surface area contributed by atoms with Crippen LogP contribution >= 0.6 is 0 Å². The Morgan fingerprint density at radius 1 is 1.59 bits per heavy atom. The van der Waals surface area contributed by atoms with Crippen LogP contribution in [0.5, 0.6) is 0 Å². The molecule has 90 valence electrons. The van der Waals surface area contributed by atoms with Crippen molar-refractivity contribution in [2.24, 2.45) is 0 Å². The van der Waals surface area contributed by atoms with E-state index in [1.807, 2.05) is 13.1 Å². The zero-order valence-corrected chi connectivity index (χ0v) is 9.91. The molecule has 1 aromatic rings. The van der Waals surface area contributed by atoms with E-state index in [1.165, 1.54) is 6.07 Å². The Morgan fingerprint density at radius 2 is 2.41 bits per heavy atom. The maximum Gasteiger partial charge on any atom is 0.147 e. The van der Waals surface area contributed by atoms with Crippen molar-refractivity contribution in [3.8, 4) is 6.07 Å². The number of likely N-dealkylation sites (N-methyl/N-ethyl adjacent to an activating group) is 1. The van der Waals surface area contributed by atoms with Gasteiger partial charge in [-0.2, -0.15) is 5.26 Å². The Balaban J connectivity index is 2.24. The highest BCUT2D eigenvalue weighted by Gasteiger charge is 2.25. The van der Waals surface area contributed by atoms with Crippen LogP contribution in [0.15, 0.2) is 18.2 Å². The highest BCUT2D eigenvalue weighted by molar-refractivity contribution is 5.52. The summed E-state index contributed by atoms with van der Waals surface area (Å²) in [7, 11) is 1.91. The minimum atomic E-state index is -0.299. The van der Waals surface area contributed by atoms with Gasteiger partial charge in [0.2, 0.25) is 0 Å². The van der Waals surface area contributed by atoms with Gasteiger partial charge in [-0.1, -0.05) is 0 Å². The smallest absolute Gasteiger partial charge is 0.147 e. The van der Waals surface area contributed by atoms with E-state index in [2.05, 4.69) is 10.2 Å². The molecule has 0 radical (unpaired) electrons. The summed E-state index contributed by atoms with van der Waals surface area (Å²) >= 11 is 0. The number of hydrogen-bond acceptors (Lipinski definition) is 3. The Morgan fingerprint density at radius 3 is 3.06 bits per heavy atom. The van der Waals surface area contributed by atoms with Gasteiger partial charge in [0.15, 0.2) is 0 Å². The predicted octanol–water partition coefficient (Wildman–Crippen LogP) is 1.89. The molecular formula is C13H16FN3. The van der Waals surface area contributed by atoms with Crippen molar-refractivity contribution >= 4 is 5.69 Å². The second-order valence-electron chi connectivity index (χ2n) is 4.33. The summed E-state index contributed by atoms with van der Waals surface area (Å²) in [6.45, 7) is 1.74. The Kier molecular flexibility index (Phi) is 3.60. The fourth-order valence-electron chi connectivity index (χ4n) is 2.41. The van der Waals surface area contributed by atoms with E-state index >= 15 is 0 Å². The van der Waals surface area contributed by atoms with Gasteiger partial charge in [-0.3, -0.25) is 0 Å². The van der Waals surface area contributed by atoms with Gasteiger partial charge in [0.05, 0.1) is 17.3 Å². The fourth-order valence-corrected chi connectivity index (χ4v) is 2.41. The van der Waals surface area contributed by atoms with E-state index in [9.17, 15) is 4.39 Å². The van der Waals surface area contributed by atoms with Crippen LogP contribution in [0.4, 0.5) is 10.1 Å². The summed E-state index contributed by atoms with van der Waals surface area (Å²) in [5.41, 5.74) is 0.984. The summed E-state index contributed by atoms with van der Waals surface area (Å²) < 4.78 is 13.9. The van der Waals surface area contributed by atoms with E-state index in [0.29, 0.717) is 17.3 Å². The highest BCUT2D eigenvalue weighted by Crippen LogP contribution is 2.28. The van der Waals surface area contributed by atoms with E-state index < -0.39 is 0 Å². The van der Waals surface area contributed by atoms with Crippen LogP contribution in [-0.4, -0.2) is 26.2 Å². The third-order valence-electron chi connectivity index (χ3n) is 3.20. The van der Waals surface area contributed by atoms with Crippen LogP contribution in [0, 0.1) is 17.1 Å². The molecule has 0 aromatic heterocycles. The van der Waals surface area contributed by atoms with E-state index in [-0.39, 0.29) is 5.82 Å². The average molecular weight is 233 g/mol. The Hall–Kier alpha value is -1.60. The molecule has 3 nitrogen and oxygen atoms in total. The van der Waals surface area contributed by atoms with Gasteiger partial charge in [0.1, 0.15) is 5.82 Å². The molecule has 4 heteroatoms. The average Bonchev–Trinajstić information content (AvgIpc) is 2.77. The third-order valence-corrected chi connectivity index (χ3v) is 3.20. The molecule has 2 rings (SSSR count). The van der Waals surface area contributed by atoms with Crippen molar-refractivity contribution in [1.82, 2.24) is 5.32 Å².